The topological polar surface area (TPSA) is 96.1 Å². The van der Waals surface area contributed by atoms with E-state index in [1.165, 1.54) is 0 Å². The van der Waals surface area contributed by atoms with Crippen LogP contribution in [0.3, 0.4) is 0 Å². The van der Waals surface area contributed by atoms with Crippen molar-refractivity contribution in [1.29, 1.82) is 0 Å². The first-order valence-corrected chi connectivity index (χ1v) is 4.39. The Bertz CT molecular complexity index is 323. The van der Waals surface area contributed by atoms with Crippen molar-refractivity contribution in [2.45, 2.75) is 32.6 Å². The van der Waals surface area contributed by atoms with E-state index in [9.17, 15) is 15.3 Å². The van der Waals surface area contributed by atoms with Crippen LogP contribution in [-0.4, -0.2) is 10.1 Å². The molecule has 0 aromatic carbocycles. The summed E-state index contributed by atoms with van der Waals surface area (Å²) >= 11 is 0. The zero-order valence-corrected chi connectivity index (χ0v) is 7.80. The SMILES string of the molecule is CCCCCc1c([N+](=O)[O-])no[n+]1[O-]. The molecule has 1 heterocycles. The molecule has 1 rings (SSSR count). The molecule has 1 aromatic heterocycles. The number of unbranched alkanes of at least 4 members (excludes halogenated alkanes) is 2. The van der Waals surface area contributed by atoms with Crippen LogP contribution in [0.1, 0.15) is 31.9 Å². The predicted octanol–water partition coefficient (Wildman–Crippen LogP) is 0.949. The first-order valence-electron chi connectivity index (χ1n) is 4.39. The minimum Gasteiger partial charge on any atom is -0.359 e. The molecule has 0 fully saturated rings. The Morgan fingerprint density at radius 3 is 2.86 bits per heavy atom. The molecular weight excluding hydrogens is 190 g/mol. The second kappa shape index (κ2) is 4.54. The van der Waals surface area contributed by atoms with Crippen molar-refractivity contribution >= 4 is 5.82 Å². The Kier molecular flexibility index (Phi) is 3.38. The van der Waals surface area contributed by atoms with Gasteiger partial charge >= 0.3 is 5.82 Å². The number of aromatic nitrogens is 2. The van der Waals surface area contributed by atoms with Crippen LogP contribution in [0.15, 0.2) is 4.63 Å². The summed E-state index contributed by atoms with van der Waals surface area (Å²) in [6, 6.07) is 0. The standard InChI is InChI=1S/C7H11N3O4/c1-2-3-4-5-6-7(9(11)12)8-14-10(6)13/h2-5H2,1H3. The quantitative estimate of drug-likeness (QED) is 0.306. The molecule has 0 unspecified atom stereocenters. The highest BCUT2D eigenvalue weighted by atomic mass is 16.8. The van der Waals surface area contributed by atoms with E-state index in [0.717, 1.165) is 19.3 Å². The molecule has 0 saturated carbocycles. The van der Waals surface area contributed by atoms with Crippen molar-refractivity contribution in [3.8, 4) is 0 Å². The van der Waals surface area contributed by atoms with Crippen molar-refractivity contribution in [3.05, 3.63) is 21.0 Å². The molecule has 7 nitrogen and oxygen atoms in total. The van der Waals surface area contributed by atoms with E-state index in [1.807, 2.05) is 6.92 Å². The van der Waals surface area contributed by atoms with E-state index < -0.39 is 10.7 Å². The number of nitro groups is 1. The van der Waals surface area contributed by atoms with E-state index in [4.69, 9.17) is 0 Å². The Morgan fingerprint density at radius 1 is 1.57 bits per heavy atom. The predicted molar refractivity (Wildman–Crippen MR) is 45.3 cm³/mol. The zero-order valence-electron chi connectivity index (χ0n) is 7.80. The summed E-state index contributed by atoms with van der Waals surface area (Å²) in [5.41, 5.74) is 0.00319. The molecule has 0 bridgehead atoms. The van der Waals surface area contributed by atoms with Gasteiger partial charge < -0.3 is 15.3 Å². The fourth-order valence-corrected chi connectivity index (χ4v) is 1.14. The summed E-state index contributed by atoms with van der Waals surface area (Å²) in [6.07, 6.45) is 2.96. The lowest BCUT2D eigenvalue weighted by molar-refractivity contribution is -0.808. The number of rotatable bonds is 5. The molecule has 7 heteroatoms. The lowest BCUT2D eigenvalue weighted by atomic mass is 10.1. The molecule has 0 aliphatic heterocycles. The first kappa shape index (κ1) is 10.4. The van der Waals surface area contributed by atoms with Gasteiger partial charge in [0, 0.05) is 6.42 Å². The van der Waals surface area contributed by atoms with Gasteiger partial charge in [0.25, 0.3) is 0 Å². The second-order valence-electron chi connectivity index (χ2n) is 2.91. The number of hydrogen-bond acceptors (Lipinski definition) is 5. The Labute approximate surface area is 80.0 Å². The highest BCUT2D eigenvalue weighted by Gasteiger charge is 2.23. The van der Waals surface area contributed by atoms with E-state index in [-0.39, 0.29) is 10.6 Å². The van der Waals surface area contributed by atoms with Crippen molar-refractivity contribution in [2.75, 3.05) is 0 Å². The Hall–Kier alpha value is -1.66. The van der Waals surface area contributed by atoms with E-state index >= 15 is 0 Å². The minimum atomic E-state index is -0.709. The van der Waals surface area contributed by atoms with Gasteiger partial charge in [0.2, 0.25) is 5.69 Å². The highest BCUT2D eigenvalue weighted by molar-refractivity contribution is 5.18. The molecule has 14 heavy (non-hydrogen) atoms. The van der Waals surface area contributed by atoms with Gasteiger partial charge in [0.05, 0.1) is 5.16 Å². The van der Waals surface area contributed by atoms with E-state index in [2.05, 4.69) is 9.79 Å². The molecule has 0 N–H and O–H groups in total. The summed E-state index contributed by atoms with van der Waals surface area (Å²) in [6.45, 7) is 2.01. The third-order valence-electron chi connectivity index (χ3n) is 1.87. The van der Waals surface area contributed by atoms with Crippen LogP contribution < -0.4 is 4.90 Å². The van der Waals surface area contributed by atoms with Crippen LogP contribution >= 0.6 is 0 Å². The van der Waals surface area contributed by atoms with Gasteiger partial charge in [0.15, 0.2) is 0 Å². The summed E-state index contributed by atoms with van der Waals surface area (Å²) in [7, 11) is 0. The third-order valence-corrected chi connectivity index (χ3v) is 1.87. The first-order chi connectivity index (χ1) is 6.66. The van der Waals surface area contributed by atoms with Crippen LogP contribution in [0.25, 0.3) is 0 Å². The van der Waals surface area contributed by atoms with Gasteiger partial charge in [-0.15, -0.1) is 0 Å². The van der Waals surface area contributed by atoms with Crippen molar-refractivity contribution < 1.29 is 14.5 Å². The zero-order chi connectivity index (χ0) is 10.6. The molecule has 0 aliphatic carbocycles. The fourth-order valence-electron chi connectivity index (χ4n) is 1.14. The average molecular weight is 201 g/mol. The summed E-state index contributed by atoms with van der Waals surface area (Å²) in [5, 5.41) is 24.4. The average Bonchev–Trinajstić information content (AvgIpc) is 2.48. The monoisotopic (exact) mass is 201 g/mol. The second-order valence-corrected chi connectivity index (χ2v) is 2.91. The van der Waals surface area contributed by atoms with Crippen molar-refractivity contribution in [1.82, 2.24) is 5.16 Å². The third kappa shape index (κ3) is 2.18. The molecule has 0 radical (unpaired) electrons. The molecule has 78 valence electrons. The summed E-state index contributed by atoms with van der Waals surface area (Å²) in [4.78, 5) is 9.79. The van der Waals surface area contributed by atoms with Crippen molar-refractivity contribution in [3.63, 3.8) is 0 Å². The molecule has 0 amide bonds. The van der Waals surface area contributed by atoms with Gasteiger partial charge in [-0.1, -0.05) is 19.8 Å². The van der Waals surface area contributed by atoms with Gasteiger partial charge in [-0.3, -0.25) is 4.63 Å². The fraction of sp³-hybridized carbons (Fsp3) is 0.714. The molecule has 0 spiro atoms. The van der Waals surface area contributed by atoms with Gasteiger partial charge in [-0.05, 0) is 16.2 Å². The molecule has 0 aliphatic rings. The Morgan fingerprint density at radius 2 is 2.29 bits per heavy atom. The normalized spacial score (nSPS) is 10.4. The summed E-state index contributed by atoms with van der Waals surface area (Å²) in [5.74, 6) is -0.476. The van der Waals surface area contributed by atoms with E-state index in [0.29, 0.717) is 6.42 Å². The van der Waals surface area contributed by atoms with Crippen LogP contribution in [0.5, 0.6) is 0 Å². The van der Waals surface area contributed by atoms with Crippen LogP contribution in [0.4, 0.5) is 5.82 Å². The van der Waals surface area contributed by atoms with E-state index in [1.54, 1.807) is 0 Å². The van der Waals surface area contributed by atoms with Crippen LogP contribution in [0, 0.1) is 15.3 Å². The summed E-state index contributed by atoms with van der Waals surface area (Å²) < 4.78 is 4.16. The van der Waals surface area contributed by atoms with Gasteiger partial charge in [0.1, 0.15) is 0 Å². The number of hydrogen-bond donors (Lipinski definition) is 0. The lowest BCUT2D eigenvalue weighted by Crippen LogP contribution is -2.28. The largest absolute Gasteiger partial charge is 0.435 e. The highest BCUT2D eigenvalue weighted by Crippen LogP contribution is 2.13. The molecule has 1 aromatic rings. The van der Waals surface area contributed by atoms with Crippen molar-refractivity contribution in [2.24, 2.45) is 0 Å². The minimum absolute atomic E-state index is 0.00319. The molecular formula is C7H11N3O4. The smallest absolute Gasteiger partial charge is 0.359 e. The lowest BCUT2D eigenvalue weighted by Gasteiger charge is -1.95. The maximum Gasteiger partial charge on any atom is 0.435 e. The molecule has 0 atom stereocenters. The Balaban J connectivity index is 2.72. The number of nitrogens with zero attached hydrogens (tertiary/aromatic N) is 3. The maximum atomic E-state index is 10.9. The maximum absolute atomic E-state index is 10.9. The molecule has 0 saturated heterocycles. The van der Waals surface area contributed by atoms with Gasteiger partial charge in [-0.25, -0.2) is 0 Å². The van der Waals surface area contributed by atoms with Crippen LogP contribution in [-0.2, 0) is 6.42 Å². The van der Waals surface area contributed by atoms with Crippen LogP contribution in [0.2, 0.25) is 0 Å². The van der Waals surface area contributed by atoms with Gasteiger partial charge in [-0.2, -0.15) is 0 Å².